The first-order valence-electron chi connectivity index (χ1n) is 13.3. The van der Waals surface area contributed by atoms with Crippen molar-refractivity contribution >= 4 is 0 Å². The zero-order valence-electron chi connectivity index (χ0n) is 21.8. The van der Waals surface area contributed by atoms with Crippen LogP contribution in [0, 0.1) is 35.0 Å². The lowest BCUT2D eigenvalue weighted by atomic mass is 9.61. The minimum atomic E-state index is -0.865. The molecule has 188 valence electrons. The Morgan fingerprint density at radius 2 is 1.97 bits per heavy atom. The zero-order valence-corrected chi connectivity index (χ0v) is 21.8. The van der Waals surface area contributed by atoms with Gasteiger partial charge in [-0.15, -0.1) is 0 Å². The molecule has 0 amide bonds. The topological polar surface area (TPSA) is 60.7 Å². The van der Waals surface area contributed by atoms with E-state index in [1.165, 1.54) is 31.3 Å². The van der Waals surface area contributed by atoms with Crippen LogP contribution >= 0.6 is 0 Å². The molecule has 1 aromatic rings. The van der Waals surface area contributed by atoms with E-state index in [2.05, 4.69) is 44.4 Å². The summed E-state index contributed by atoms with van der Waals surface area (Å²) in [6, 6.07) is 7.95. The van der Waals surface area contributed by atoms with Crippen molar-refractivity contribution in [2.75, 3.05) is 0 Å². The molecular weight excluding hydrogens is 432 g/mol. The molecular formula is C32H42O3. The SMILES string of the molecule is C=C1/C(=C/C=C2\CCC[C@]3(C)[C@@H]([C@H](C)C#Cc4cccc(C(C)(C)O)c4)CC[C@@H]23)C[C@@H](O)C[C@@H]1O. The highest BCUT2D eigenvalue weighted by Crippen LogP contribution is 2.59. The molecule has 0 radical (unpaired) electrons. The number of hydrogen-bond donors (Lipinski definition) is 3. The normalized spacial score (nSPS) is 34.4. The lowest BCUT2D eigenvalue weighted by molar-refractivity contribution is 0.0785. The Morgan fingerprint density at radius 3 is 2.71 bits per heavy atom. The number of aliphatic hydroxyl groups is 3. The highest BCUT2D eigenvalue weighted by Gasteiger charge is 2.50. The Bertz CT molecular complexity index is 1080. The molecule has 6 atom stereocenters. The van der Waals surface area contributed by atoms with Crippen LogP contribution in [-0.2, 0) is 5.60 Å². The quantitative estimate of drug-likeness (QED) is 0.468. The fraction of sp³-hybridized carbons (Fsp3) is 0.562. The average molecular weight is 475 g/mol. The van der Waals surface area contributed by atoms with E-state index in [4.69, 9.17) is 0 Å². The average Bonchev–Trinajstić information content (AvgIpc) is 3.16. The van der Waals surface area contributed by atoms with Gasteiger partial charge in [-0.25, -0.2) is 0 Å². The van der Waals surface area contributed by atoms with Gasteiger partial charge in [-0.3, -0.25) is 0 Å². The first kappa shape index (κ1) is 26.0. The number of allylic oxidation sites excluding steroid dienone is 3. The maximum atomic E-state index is 10.3. The largest absolute Gasteiger partial charge is 0.393 e. The fourth-order valence-corrected chi connectivity index (χ4v) is 6.84. The summed E-state index contributed by atoms with van der Waals surface area (Å²) in [5.41, 5.74) is 4.48. The second-order valence-electron chi connectivity index (χ2n) is 11.9. The zero-order chi connectivity index (χ0) is 25.4. The van der Waals surface area contributed by atoms with E-state index in [0.717, 1.165) is 28.7 Å². The molecule has 3 saturated carbocycles. The third kappa shape index (κ3) is 5.51. The van der Waals surface area contributed by atoms with Crippen LogP contribution in [0.3, 0.4) is 0 Å². The van der Waals surface area contributed by atoms with Crippen LogP contribution < -0.4 is 0 Å². The van der Waals surface area contributed by atoms with Gasteiger partial charge in [0, 0.05) is 17.9 Å². The van der Waals surface area contributed by atoms with Crippen LogP contribution in [-0.4, -0.2) is 27.5 Å². The van der Waals surface area contributed by atoms with Crippen molar-refractivity contribution < 1.29 is 15.3 Å². The number of hydrogen-bond acceptors (Lipinski definition) is 3. The van der Waals surface area contributed by atoms with Crippen LogP contribution in [0.4, 0.5) is 0 Å². The second kappa shape index (κ2) is 10.1. The number of fused-ring (bicyclic) bond motifs is 1. The van der Waals surface area contributed by atoms with E-state index in [1.807, 2.05) is 24.3 Å². The van der Waals surface area contributed by atoms with Crippen LogP contribution in [0.15, 0.2) is 59.7 Å². The van der Waals surface area contributed by atoms with Gasteiger partial charge in [-0.1, -0.05) is 62.1 Å². The van der Waals surface area contributed by atoms with Gasteiger partial charge in [0.15, 0.2) is 0 Å². The molecule has 0 heterocycles. The lowest BCUT2D eigenvalue weighted by Gasteiger charge is -2.43. The van der Waals surface area contributed by atoms with Gasteiger partial charge in [0.25, 0.3) is 0 Å². The van der Waals surface area contributed by atoms with Crippen LogP contribution in [0.5, 0.6) is 0 Å². The molecule has 3 aliphatic carbocycles. The summed E-state index contributed by atoms with van der Waals surface area (Å²) in [5.74, 6) is 8.38. The smallest absolute Gasteiger partial charge is 0.0840 e. The molecule has 1 aromatic carbocycles. The van der Waals surface area contributed by atoms with E-state index in [0.29, 0.717) is 30.6 Å². The molecule has 0 bridgehead atoms. The van der Waals surface area contributed by atoms with Gasteiger partial charge >= 0.3 is 0 Å². The van der Waals surface area contributed by atoms with Gasteiger partial charge in [0.2, 0.25) is 0 Å². The molecule has 3 N–H and O–H groups in total. The van der Waals surface area contributed by atoms with E-state index in [-0.39, 0.29) is 5.41 Å². The van der Waals surface area contributed by atoms with Gasteiger partial charge in [-0.05, 0) is 98.5 Å². The summed E-state index contributed by atoms with van der Waals surface area (Å²) in [7, 11) is 0. The van der Waals surface area contributed by atoms with E-state index < -0.39 is 17.8 Å². The van der Waals surface area contributed by atoms with Crippen molar-refractivity contribution in [1.82, 2.24) is 0 Å². The highest BCUT2D eigenvalue weighted by atomic mass is 16.3. The minimum absolute atomic E-state index is 0.244. The lowest BCUT2D eigenvalue weighted by Crippen LogP contribution is -2.35. The Balaban J connectivity index is 1.52. The summed E-state index contributed by atoms with van der Waals surface area (Å²) in [6.07, 6.45) is 10.2. The summed E-state index contributed by atoms with van der Waals surface area (Å²) >= 11 is 0. The van der Waals surface area contributed by atoms with Crippen molar-refractivity contribution in [3.05, 3.63) is 70.8 Å². The van der Waals surface area contributed by atoms with Crippen LogP contribution in [0.25, 0.3) is 0 Å². The summed E-state index contributed by atoms with van der Waals surface area (Å²) < 4.78 is 0. The first-order valence-corrected chi connectivity index (χ1v) is 13.3. The first-order chi connectivity index (χ1) is 16.5. The van der Waals surface area contributed by atoms with Crippen molar-refractivity contribution in [1.29, 1.82) is 0 Å². The third-order valence-corrected chi connectivity index (χ3v) is 8.92. The van der Waals surface area contributed by atoms with E-state index in [1.54, 1.807) is 13.8 Å². The van der Waals surface area contributed by atoms with E-state index >= 15 is 0 Å². The van der Waals surface area contributed by atoms with Gasteiger partial charge in [-0.2, -0.15) is 0 Å². The standard InChI is InChI=1S/C32H42O3/c1-21(11-12-23-8-6-10-26(18-23)31(3,4)35)28-15-16-29-24(9-7-17-32(28,29)5)13-14-25-19-27(33)20-30(34)22(25)2/h6,8,10,13-14,18,21,27-30,33-35H,2,7,9,15-17,19-20H2,1,3-5H3/b24-13+,25-14+/t21-,27-,28-,29+,30+,32-/m1/s1. The molecule has 0 aliphatic heterocycles. The second-order valence-corrected chi connectivity index (χ2v) is 11.9. The molecule has 3 heteroatoms. The number of benzene rings is 1. The van der Waals surface area contributed by atoms with Gasteiger partial charge in [0.1, 0.15) is 0 Å². The molecule has 0 aromatic heterocycles. The molecule has 3 aliphatic rings. The Labute approximate surface area is 211 Å². The highest BCUT2D eigenvalue weighted by molar-refractivity contribution is 5.40. The Kier molecular flexibility index (Phi) is 7.49. The van der Waals surface area contributed by atoms with Gasteiger partial charge < -0.3 is 15.3 Å². The predicted molar refractivity (Wildman–Crippen MR) is 142 cm³/mol. The Hall–Kier alpha value is -2.12. The van der Waals surface area contributed by atoms with E-state index in [9.17, 15) is 15.3 Å². The molecule has 3 nitrogen and oxygen atoms in total. The molecule has 0 unspecified atom stereocenters. The maximum absolute atomic E-state index is 10.3. The summed E-state index contributed by atoms with van der Waals surface area (Å²) in [5, 5.41) is 30.6. The summed E-state index contributed by atoms with van der Waals surface area (Å²) in [6.45, 7) is 12.4. The monoisotopic (exact) mass is 474 g/mol. The fourth-order valence-electron chi connectivity index (χ4n) is 6.84. The Morgan fingerprint density at radius 1 is 1.20 bits per heavy atom. The molecule has 35 heavy (non-hydrogen) atoms. The van der Waals surface area contributed by atoms with Crippen molar-refractivity contribution in [2.45, 2.75) is 90.4 Å². The van der Waals surface area contributed by atoms with Crippen molar-refractivity contribution in [2.24, 2.45) is 23.2 Å². The number of aliphatic hydroxyl groups excluding tert-OH is 2. The molecule has 0 spiro atoms. The predicted octanol–water partition coefficient (Wildman–Crippen LogP) is 6.04. The molecule has 4 rings (SSSR count). The van der Waals surface area contributed by atoms with Gasteiger partial charge in [0.05, 0.1) is 17.8 Å². The number of rotatable bonds is 3. The van der Waals surface area contributed by atoms with Crippen LogP contribution in [0.2, 0.25) is 0 Å². The minimum Gasteiger partial charge on any atom is -0.393 e. The summed E-state index contributed by atoms with van der Waals surface area (Å²) in [4.78, 5) is 0. The molecule has 3 fully saturated rings. The van der Waals surface area contributed by atoms with Crippen molar-refractivity contribution in [3.8, 4) is 11.8 Å². The maximum Gasteiger partial charge on any atom is 0.0840 e. The van der Waals surface area contributed by atoms with Crippen molar-refractivity contribution in [3.63, 3.8) is 0 Å². The van der Waals surface area contributed by atoms with Crippen LogP contribution in [0.1, 0.15) is 83.8 Å². The third-order valence-electron chi connectivity index (χ3n) is 8.92. The molecule has 0 saturated heterocycles.